The van der Waals surface area contributed by atoms with Crippen molar-refractivity contribution < 1.29 is 28.3 Å². The van der Waals surface area contributed by atoms with Gasteiger partial charge in [0, 0.05) is 12.7 Å². The maximum atomic E-state index is 11.0. The van der Waals surface area contributed by atoms with E-state index < -0.39 is 13.9 Å². The van der Waals surface area contributed by atoms with Gasteiger partial charge in [-0.1, -0.05) is 109 Å². The first-order chi connectivity index (χ1) is 17.4. The number of ether oxygens (including phenoxy) is 2. The Hall–Kier alpha value is -1.49. The van der Waals surface area contributed by atoms with Crippen molar-refractivity contribution in [2.45, 2.75) is 116 Å². The Balaban J connectivity index is 2.04. The van der Waals surface area contributed by atoms with Crippen LogP contribution in [0.15, 0.2) is 18.2 Å². The van der Waals surface area contributed by atoms with Gasteiger partial charge in [0.2, 0.25) is 5.88 Å². The van der Waals surface area contributed by atoms with E-state index in [1.807, 2.05) is 6.07 Å². The lowest BCUT2D eigenvalue weighted by Gasteiger charge is -2.19. The minimum absolute atomic E-state index is 0.108. The minimum Gasteiger partial charge on any atom is -0.469 e. The number of pyridine rings is 1. The van der Waals surface area contributed by atoms with Crippen LogP contribution in [0.1, 0.15) is 115 Å². The molecule has 0 aliphatic carbocycles. The van der Waals surface area contributed by atoms with E-state index in [9.17, 15) is 4.57 Å². The predicted octanol–water partition coefficient (Wildman–Crippen LogP) is 7.09. The smallest absolute Gasteiger partial charge is 0.469 e. The van der Waals surface area contributed by atoms with Crippen molar-refractivity contribution in [2.24, 2.45) is 0 Å². The highest BCUT2D eigenvalue weighted by Gasteiger charge is 2.20. The molecule has 0 spiro atoms. The highest BCUT2D eigenvalue weighted by molar-refractivity contribution is 7.46. The molecule has 0 aliphatic rings. The molecule has 0 saturated heterocycles. The number of hydrogen-bond donors (Lipinski definition) is 2. The number of phosphoric acid groups is 1. The summed E-state index contributed by atoms with van der Waals surface area (Å²) in [7, 11) is -4.63. The lowest BCUT2D eigenvalue weighted by atomic mass is 10.0. The quantitative estimate of drug-likeness (QED) is 0.108. The zero-order chi connectivity index (χ0) is 26.3. The van der Waals surface area contributed by atoms with E-state index in [-0.39, 0.29) is 24.8 Å². The highest BCUT2D eigenvalue weighted by atomic mass is 31.2. The lowest BCUT2D eigenvalue weighted by molar-refractivity contribution is 0.0158. The maximum absolute atomic E-state index is 11.0. The van der Waals surface area contributed by atoms with Crippen LogP contribution >= 0.6 is 7.82 Å². The summed E-state index contributed by atoms with van der Waals surface area (Å²) in [6.07, 6.45) is 20.2. The average Bonchev–Trinajstić information content (AvgIpc) is 2.86. The van der Waals surface area contributed by atoms with Gasteiger partial charge in [0.05, 0.1) is 13.2 Å². The van der Waals surface area contributed by atoms with Crippen LogP contribution in [0.25, 0.3) is 0 Å². The van der Waals surface area contributed by atoms with Crippen molar-refractivity contribution in [2.75, 3.05) is 19.8 Å². The number of unbranched alkanes of at least 4 members (excludes halogenated alkanes) is 15. The summed E-state index contributed by atoms with van der Waals surface area (Å²) < 4.78 is 26.9. The Morgan fingerprint density at radius 3 is 1.89 bits per heavy atom. The molecule has 206 valence electrons. The van der Waals surface area contributed by atoms with Crippen LogP contribution in [0.5, 0.6) is 5.88 Å². The Labute approximate surface area is 218 Å². The number of aromatic nitrogens is 1. The van der Waals surface area contributed by atoms with E-state index >= 15 is 0 Å². The average molecular weight is 527 g/mol. The third-order valence-electron chi connectivity index (χ3n) is 6.00. The fourth-order valence-electron chi connectivity index (χ4n) is 3.98. The molecule has 8 nitrogen and oxygen atoms in total. The first-order valence-corrected chi connectivity index (χ1v) is 15.3. The summed E-state index contributed by atoms with van der Waals surface area (Å²) in [4.78, 5) is 22.0. The van der Waals surface area contributed by atoms with Gasteiger partial charge >= 0.3 is 7.82 Å². The van der Waals surface area contributed by atoms with Crippen molar-refractivity contribution in [1.82, 2.24) is 4.98 Å². The second kappa shape index (κ2) is 21.6. The van der Waals surface area contributed by atoms with E-state index in [2.05, 4.69) is 16.4 Å². The Kier molecular flexibility index (Phi) is 19.5. The lowest BCUT2D eigenvalue weighted by Crippen LogP contribution is -2.29. The Morgan fingerprint density at radius 1 is 0.861 bits per heavy atom. The highest BCUT2D eigenvalue weighted by Crippen LogP contribution is 2.35. The van der Waals surface area contributed by atoms with Crippen LogP contribution in [-0.2, 0) is 13.8 Å². The Morgan fingerprint density at radius 2 is 1.39 bits per heavy atom. The van der Waals surface area contributed by atoms with Crippen LogP contribution < -0.4 is 4.74 Å². The van der Waals surface area contributed by atoms with Crippen molar-refractivity contribution in [1.29, 1.82) is 5.26 Å². The van der Waals surface area contributed by atoms with Gasteiger partial charge in [0.1, 0.15) is 17.9 Å². The molecule has 1 aromatic rings. The molecule has 36 heavy (non-hydrogen) atoms. The van der Waals surface area contributed by atoms with Crippen molar-refractivity contribution in [3.63, 3.8) is 0 Å². The zero-order valence-corrected chi connectivity index (χ0v) is 23.0. The van der Waals surface area contributed by atoms with Gasteiger partial charge in [0.25, 0.3) is 0 Å². The van der Waals surface area contributed by atoms with Gasteiger partial charge in [-0.3, -0.25) is 4.52 Å². The predicted molar refractivity (Wildman–Crippen MR) is 142 cm³/mol. The number of phosphoric ester groups is 1. The molecule has 1 atom stereocenters. The van der Waals surface area contributed by atoms with Crippen molar-refractivity contribution in [3.8, 4) is 11.9 Å². The summed E-state index contributed by atoms with van der Waals surface area (Å²) >= 11 is 0. The van der Waals surface area contributed by atoms with E-state index in [0.717, 1.165) is 12.8 Å². The van der Waals surface area contributed by atoms with Gasteiger partial charge < -0.3 is 19.3 Å². The number of nitriles is 1. The molecule has 0 bridgehead atoms. The van der Waals surface area contributed by atoms with Gasteiger partial charge in [0.15, 0.2) is 0 Å². The van der Waals surface area contributed by atoms with Crippen LogP contribution in [0.3, 0.4) is 0 Å². The molecule has 0 unspecified atom stereocenters. The molecule has 1 rings (SSSR count). The number of hydrogen-bond acceptors (Lipinski definition) is 6. The summed E-state index contributed by atoms with van der Waals surface area (Å²) in [5.41, 5.74) is 0.191. The summed E-state index contributed by atoms with van der Waals surface area (Å²) in [6, 6.07) is 6.66. The second-order valence-corrected chi connectivity index (χ2v) is 10.6. The van der Waals surface area contributed by atoms with E-state index in [1.54, 1.807) is 18.2 Å². The molecule has 1 aromatic heterocycles. The number of rotatable bonds is 24. The maximum Gasteiger partial charge on any atom is 0.469 e. The molecular formula is C27H47N2O6P. The standard InChI is InChI=1S/C27H47N2O6P/c1-2-3-4-5-6-7-8-9-10-11-12-13-14-15-16-17-21-33-23-26(24-34-36(30,31)32)35-27-20-18-19-25(22-28)29-27/h18-20,26H,2-17,21,23-24H2,1H3,(H2,30,31,32)/t26-/m1/s1. The minimum atomic E-state index is -4.63. The fourth-order valence-corrected chi connectivity index (χ4v) is 4.34. The van der Waals surface area contributed by atoms with E-state index in [1.165, 1.54) is 89.9 Å². The van der Waals surface area contributed by atoms with Crippen LogP contribution in [0.4, 0.5) is 0 Å². The number of nitrogens with zero attached hydrogens (tertiary/aromatic N) is 2. The summed E-state index contributed by atoms with van der Waals surface area (Å²) in [5.74, 6) is 0.180. The first kappa shape index (κ1) is 32.5. The van der Waals surface area contributed by atoms with Gasteiger partial charge in [-0.15, -0.1) is 0 Å². The molecule has 1 heterocycles. The van der Waals surface area contributed by atoms with Gasteiger partial charge in [-0.25, -0.2) is 9.55 Å². The summed E-state index contributed by atoms with van der Waals surface area (Å²) in [6.45, 7) is 2.57. The van der Waals surface area contributed by atoms with Crippen LogP contribution in [0.2, 0.25) is 0 Å². The normalized spacial score (nSPS) is 12.4. The molecule has 0 aliphatic heterocycles. The molecule has 0 fully saturated rings. The first-order valence-electron chi connectivity index (χ1n) is 13.8. The molecule has 0 radical (unpaired) electrons. The van der Waals surface area contributed by atoms with Crippen molar-refractivity contribution >= 4 is 7.82 Å². The van der Waals surface area contributed by atoms with Crippen molar-refractivity contribution in [3.05, 3.63) is 23.9 Å². The third kappa shape index (κ3) is 19.7. The SMILES string of the molecule is CCCCCCCCCCCCCCCCCCOC[C@H](COP(=O)(O)O)Oc1cccc(C#N)n1. The zero-order valence-electron chi connectivity index (χ0n) is 22.1. The topological polar surface area (TPSA) is 122 Å². The van der Waals surface area contributed by atoms with Crippen LogP contribution in [-0.4, -0.2) is 40.7 Å². The van der Waals surface area contributed by atoms with E-state index in [4.69, 9.17) is 24.5 Å². The molecule has 0 saturated carbocycles. The molecule has 9 heteroatoms. The molecule has 0 amide bonds. The Bertz CT molecular complexity index is 752. The van der Waals surface area contributed by atoms with E-state index in [0.29, 0.717) is 6.61 Å². The molecular weight excluding hydrogens is 479 g/mol. The largest absolute Gasteiger partial charge is 0.469 e. The van der Waals surface area contributed by atoms with Gasteiger partial charge in [-0.2, -0.15) is 5.26 Å². The fraction of sp³-hybridized carbons (Fsp3) is 0.778. The van der Waals surface area contributed by atoms with Gasteiger partial charge in [-0.05, 0) is 12.5 Å². The van der Waals surface area contributed by atoms with Crippen LogP contribution in [0, 0.1) is 11.3 Å². The summed E-state index contributed by atoms with van der Waals surface area (Å²) in [5, 5.41) is 8.96. The molecule has 2 N–H and O–H groups in total. The third-order valence-corrected chi connectivity index (χ3v) is 6.49. The monoisotopic (exact) mass is 526 g/mol. The second-order valence-electron chi connectivity index (χ2n) is 9.38. The molecule has 0 aromatic carbocycles.